The van der Waals surface area contributed by atoms with E-state index in [0.717, 1.165) is 18.5 Å². The molecule has 106 valence electrons. The van der Waals surface area contributed by atoms with E-state index in [-0.39, 0.29) is 24.0 Å². The number of fused-ring (bicyclic) bond motifs is 3. The number of carbonyl (C=O) groups excluding carboxylic acids is 2. The van der Waals surface area contributed by atoms with Gasteiger partial charge in [-0.1, -0.05) is 12.8 Å². The second-order valence-corrected chi connectivity index (χ2v) is 6.06. The van der Waals surface area contributed by atoms with Crippen LogP contribution in [0.2, 0.25) is 0 Å². The van der Waals surface area contributed by atoms with Crippen molar-refractivity contribution < 1.29 is 9.59 Å². The molecule has 3 unspecified atom stereocenters. The topological polar surface area (TPSA) is 69.3 Å². The predicted octanol–water partition coefficient (Wildman–Crippen LogP) is 1.50. The first-order chi connectivity index (χ1) is 9.75. The Hall–Kier alpha value is -1.85. The highest BCUT2D eigenvalue weighted by atomic mass is 16.2. The van der Waals surface area contributed by atoms with E-state index in [2.05, 4.69) is 10.2 Å². The monoisotopic (exact) mass is 274 g/mol. The third-order valence-corrected chi connectivity index (χ3v) is 4.98. The number of nitrogens with one attached hydrogen (secondary N) is 1. The van der Waals surface area contributed by atoms with Crippen molar-refractivity contribution in [2.45, 2.75) is 50.7 Å². The van der Waals surface area contributed by atoms with Gasteiger partial charge in [-0.15, -0.1) is 0 Å². The largest absolute Gasteiger partial charge is 0.328 e. The zero-order valence-electron chi connectivity index (χ0n) is 11.3. The molecule has 1 aliphatic carbocycles. The van der Waals surface area contributed by atoms with Crippen LogP contribution in [0.15, 0.2) is 12.3 Å². The van der Waals surface area contributed by atoms with Gasteiger partial charge < -0.3 is 4.90 Å². The molecule has 3 amide bonds. The summed E-state index contributed by atoms with van der Waals surface area (Å²) >= 11 is 0. The van der Waals surface area contributed by atoms with E-state index >= 15 is 0 Å². The van der Waals surface area contributed by atoms with Crippen molar-refractivity contribution in [2.75, 3.05) is 0 Å². The summed E-state index contributed by atoms with van der Waals surface area (Å²) in [6.45, 7) is 0.308. The Kier molecular flexibility index (Phi) is 2.58. The van der Waals surface area contributed by atoms with Crippen LogP contribution in [0.3, 0.4) is 0 Å². The summed E-state index contributed by atoms with van der Waals surface area (Å²) in [4.78, 5) is 28.3. The van der Waals surface area contributed by atoms with Gasteiger partial charge in [-0.3, -0.25) is 14.8 Å². The number of nitrogens with zero attached hydrogens (tertiary/aromatic N) is 3. The van der Waals surface area contributed by atoms with Crippen molar-refractivity contribution in [3.8, 4) is 0 Å². The highest BCUT2D eigenvalue weighted by molar-refractivity contribution is 6.04. The van der Waals surface area contributed by atoms with Gasteiger partial charge in [0.1, 0.15) is 6.04 Å². The van der Waals surface area contributed by atoms with Gasteiger partial charge in [-0.05, 0) is 31.2 Å². The van der Waals surface area contributed by atoms with Gasteiger partial charge in [-0.25, -0.2) is 4.79 Å². The Bertz CT molecular complexity index is 541. The number of H-pyrrole nitrogens is 1. The second-order valence-electron chi connectivity index (χ2n) is 6.06. The molecular weight excluding hydrogens is 256 g/mol. The number of hydrogen-bond donors (Lipinski definition) is 1. The van der Waals surface area contributed by atoms with E-state index in [0.29, 0.717) is 12.5 Å². The first-order valence-corrected chi connectivity index (χ1v) is 7.37. The van der Waals surface area contributed by atoms with Crippen LogP contribution in [0.25, 0.3) is 0 Å². The van der Waals surface area contributed by atoms with E-state index in [4.69, 9.17) is 0 Å². The second kappa shape index (κ2) is 4.33. The maximum Gasteiger partial charge on any atom is 0.328 e. The molecule has 6 nitrogen and oxygen atoms in total. The van der Waals surface area contributed by atoms with Crippen LogP contribution in [0.1, 0.15) is 37.8 Å². The van der Waals surface area contributed by atoms with Gasteiger partial charge >= 0.3 is 6.03 Å². The fourth-order valence-electron chi connectivity index (χ4n) is 4.06. The Balaban J connectivity index is 1.58. The van der Waals surface area contributed by atoms with E-state index in [1.165, 1.54) is 24.2 Å². The number of aromatic nitrogens is 2. The van der Waals surface area contributed by atoms with Crippen LogP contribution in [0, 0.1) is 5.92 Å². The minimum atomic E-state index is -0.210. The summed E-state index contributed by atoms with van der Waals surface area (Å²) in [6, 6.07) is 1.77. The zero-order valence-corrected chi connectivity index (χ0v) is 11.3. The van der Waals surface area contributed by atoms with Crippen LogP contribution < -0.4 is 0 Å². The number of hydrogen-bond acceptors (Lipinski definition) is 3. The molecule has 1 N–H and O–H groups in total. The molecule has 0 spiro atoms. The number of carbonyl (C=O) groups is 2. The standard InChI is InChI=1S/C14H18N4O2/c19-13-12-7-9-3-1-2-4-11(9)18(12)14(20)17(13)8-10-5-6-15-16-10/h5-6,9,11-12H,1-4,7-8H2,(H,15,16). The van der Waals surface area contributed by atoms with Gasteiger partial charge in [0.25, 0.3) is 5.91 Å². The molecule has 3 aliphatic rings. The third-order valence-electron chi connectivity index (χ3n) is 4.98. The molecule has 1 aromatic heterocycles. The van der Waals surface area contributed by atoms with Gasteiger partial charge in [0.2, 0.25) is 0 Å². The Morgan fingerprint density at radius 3 is 2.95 bits per heavy atom. The van der Waals surface area contributed by atoms with Crippen LogP contribution in [-0.2, 0) is 11.3 Å². The first kappa shape index (κ1) is 11.9. The first-order valence-electron chi connectivity index (χ1n) is 7.37. The van der Waals surface area contributed by atoms with Crippen LogP contribution in [0.4, 0.5) is 4.79 Å². The molecule has 2 aliphatic heterocycles. The Labute approximate surface area is 117 Å². The SMILES string of the molecule is O=C1C2CC3CCCCC3N2C(=O)N1Cc1ccn[nH]1. The van der Waals surface area contributed by atoms with Crippen molar-refractivity contribution in [1.29, 1.82) is 0 Å². The molecule has 0 bridgehead atoms. The average molecular weight is 274 g/mol. The van der Waals surface area contributed by atoms with Crippen molar-refractivity contribution in [1.82, 2.24) is 20.0 Å². The van der Waals surface area contributed by atoms with Crippen molar-refractivity contribution in [2.24, 2.45) is 5.92 Å². The summed E-state index contributed by atoms with van der Waals surface area (Å²) in [5.41, 5.74) is 0.799. The molecule has 0 radical (unpaired) electrons. The molecule has 0 aromatic carbocycles. The Morgan fingerprint density at radius 1 is 1.30 bits per heavy atom. The normalized spacial score (nSPS) is 32.7. The van der Waals surface area contributed by atoms with Crippen molar-refractivity contribution in [3.63, 3.8) is 0 Å². The quantitative estimate of drug-likeness (QED) is 0.831. The molecule has 3 fully saturated rings. The van der Waals surface area contributed by atoms with E-state index in [1.807, 2.05) is 4.90 Å². The summed E-state index contributed by atoms with van der Waals surface area (Å²) < 4.78 is 0. The highest BCUT2D eigenvalue weighted by Crippen LogP contribution is 2.43. The number of imide groups is 1. The number of urea groups is 1. The number of aromatic amines is 1. The van der Waals surface area contributed by atoms with E-state index < -0.39 is 0 Å². The molecule has 6 heteroatoms. The number of amides is 3. The van der Waals surface area contributed by atoms with E-state index in [1.54, 1.807) is 12.3 Å². The molecule has 2 saturated heterocycles. The molecule has 4 rings (SSSR count). The molecule has 3 heterocycles. The molecule has 1 aromatic rings. The van der Waals surface area contributed by atoms with Crippen LogP contribution in [0.5, 0.6) is 0 Å². The number of rotatable bonds is 2. The lowest BCUT2D eigenvalue weighted by molar-refractivity contribution is -0.128. The lowest BCUT2D eigenvalue weighted by atomic mass is 9.84. The molecule has 20 heavy (non-hydrogen) atoms. The zero-order chi connectivity index (χ0) is 13.7. The lowest BCUT2D eigenvalue weighted by Crippen LogP contribution is -2.41. The fourth-order valence-corrected chi connectivity index (χ4v) is 4.06. The van der Waals surface area contributed by atoms with Gasteiger partial charge in [-0.2, -0.15) is 5.10 Å². The predicted molar refractivity (Wildman–Crippen MR) is 70.5 cm³/mol. The van der Waals surface area contributed by atoms with Crippen molar-refractivity contribution in [3.05, 3.63) is 18.0 Å². The summed E-state index contributed by atoms with van der Waals surface area (Å²) in [6.07, 6.45) is 7.12. The van der Waals surface area contributed by atoms with Gasteiger partial charge in [0.15, 0.2) is 0 Å². The third kappa shape index (κ3) is 1.60. The van der Waals surface area contributed by atoms with Crippen LogP contribution >= 0.6 is 0 Å². The molecule has 3 atom stereocenters. The maximum atomic E-state index is 12.6. The minimum absolute atomic E-state index is 0.0287. The Morgan fingerprint density at radius 2 is 2.15 bits per heavy atom. The summed E-state index contributed by atoms with van der Waals surface area (Å²) in [5, 5.41) is 6.68. The minimum Gasteiger partial charge on any atom is -0.309 e. The van der Waals surface area contributed by atoms with E-state index in [9.17, 15) is 9.59 Å². The summed E-state index contributed by atoms with van der Waals surface area (Å²) in [7, 11) is 0. The lowest BCUT2D eigenvalue weighted by Gasteiger charge is -2.30. The van der Waals surface area contributed by atoms with Gasteiger partial charge in [0.05, 0.1) is 12.2 Å². The fraction of sp³-hybridized carbons (Fsp3) is 0.643. The van der Waals surface area contributed by atoms with Crippen molar-refractivity contribution >= 4 is 11.9 Å². The maximum absolute atomic E-state index is 12.6. The summed E-state index contributed by atoms with van der Waals surface area (Å²) in [5.74, 6) is 0.509. The molecule has 1 saturated carbocycles. The van der Waals surface area contributed by atoms with Crippen LogP contribution in [-0.4, -0.2) is 44.0 Å². The average Bonchev–Trinajstić information content (AvgIpc) is 3.14. The molecular formula is C14H18N4O2. The smallest absolute Gasteiger partial charge is 0.309 e. The highest BCUT2D eigenvalue weighted by Gasteiger charge is 2.55. The van der Waals surface area contributed by atoms with Gasteiger partial charge in [0, 0.05) is 12.2 Å².